The zero-order chi connectivity index (χ0) is 13.4. The van der Waals surface area contributed by atoms with Crippen molar-refractivity contribution >= 4 is 27.5 Å². The molecule has 2 aliphatic rings. The van der Waals surface area contributed by atoms with Gasteiger partial charge in [-0.2, -0.15) is 0 Å². The van der Waals surface area contributed by atoms with Crippen LogP contribution in [0.3, 0.4) is 0 Å². The fourth-order valence-corrected chi connectivity index (χ4v) is 4.82. The van der Waals surface area contributed by atoms with Gasteiger partial charge in [-0.3, -0.25) is 0 Å². The van der Waals surface area contributed by atoms with Crippen LogP contribution in [0.25, 0.3) is 0 Å². The average molecular weight is 343 g/mol. The van der Waals surface area contributed by atoms with E-state index in [1.54, 1.807) is 0 Å². The van der Waals surface area contributed by atoms with E-state index in [-0.39, 0.29) is 0 Å². The van der Waals surface area contributed by atoms with Crippen LogP contribution in [0.2, 0.25) is 5.02 Å². The number of benzene rings is 1. The highest BCUT2D eigenvalue weighted by atomic mass is 79.9. The summed E-state index contributed by atoms with van der Waals surface area (Å²) in [5.41, 5.74) is 2.92. The van der Waals surface area contributed by atoms with Crippen LogP contribution in [-0.4, -0.2) is 24.5 Å². The lowest BCUT2D eigenvalue weighted by Gasteiger charge is -2.43. The van der Waals surface area contributed by atoms with Gasteiger partial charge in [-0.05, 0) is 73.9 Å². The Hall–Kier alpha value is -0.0500. The normalized spacial score (nSPS) is 26.9. The van der Waals surface area contributed by atoms with Gasteiger partial charge in [-0.15, -0.1) is 0 Å². The summed E-state index contributed by atoms with van der Waals surface area (Å²) in [7, 11) is 0. The topological polar surface area (TPSA) is 3.24 Å². The molecule has 0 aromatic heterocycles. The van der Waals surface area contributed by atoms with Gasteiger partial charge in [0, 0.05) is 16.0 Å². The van der Waals surface area contributed by atoms with E-state index in [0.29, 0.717) is 5.92 Å². The highest BCUT2D eigenvalue weighted by Gasteiger charge is 2.36. The minimum absolute atomic E-state index is 0.713. The highest BCUT2D eigenvalue weighted by Crippen LogP contribution is 2.46. The number of likely N-dealkylation sites (tertiary alicyclic amines) is 1. The molecule has 1 heterocycles. The molecule has 1 aliphatic carbocycles. The second kappa shape index (κ2) is 5.75. The molecule has 1 aliphatic heterocycles. The molecule has 0 amide bonds. The van der Waals surface area contributed by atoms with Gasteiger partial charge >= 0.3 is 0 Å². The zero-order valence-electron chi connectivity index (χ0n) is 11.5. The maximum atomic E-state index is 6.39. The van der Waals surface area contributed by atoms with E-state index in [9.17, 15) is 0 Å². The molecule has 0 spiro atoms. The van der Waals surface area contributed by atoms with Crippen molar-refractivity contribution in [1.29, 1.82) is 0 Å². The summed E-state index contributed by atoms with van der Waals surface area (Å²) in [5.74, 6) is 1.53. The SMILES string of the molecule is CCCN1CCC2c3c(Br)ccc(Cl)c3CCC2C1. The molecule has 0 N–H and O–H groups in total. The van der Waals surface area contributed by atoms with E-state index in [1.165, 1.54) is 54.5 Å². The number of halogens is 2. The van der Waals surface area contributed by atoms with Crippen molar-refractivity contribution in [3.8, 4) is 0 Å². The number of rotatable bonds is 2. The van der Waals surface area contributed by atoms with Gasteiger partial charge in [-0.1, -0.05) is 34.5 Å². The van der Waals surface area contributed by atoms with Crippen LogP contribution in [0.5, 0.6) is 0 Å². The molecule has 19 heavy (non-hydrogen) atoms. The van der Waals surface area contributed by atoms with Crippen molar-refractivity contribution in [3.05, 3.63) is 32.8 Å². The van der Waals surface area contributed by atoms with Crippen LogP contribution >= 0.6 is 27.5 Å². The van der Waals surface area contributed by atoms with Crippen molar-refractivity contribution in [2.45, 2.75) is 38.5 Å². The molecule has 3 heteroatoms. The third-order valence-electron chi connectivity index (χ3n) is 4.74. The minimum Gasteiger partial charge on any atom is -0.303 e. The summed E-state index contributed by atoms with van der Waals surface area (Å²) in [4.78, 5) is 2.64. The van der Waals surface area contributed by atoms with E-state index >= 15 is 0 Å². The van der Waals surface area contributed by atoms with Crippen LogP contribution < -0.4 is 0 Å². The summed E-state index contributed by atoms with van der Waals surface area (Å²) < 4.78 is 1.27. The highest BCUT2D eigenvalue weighted by molar-refractivity contribution is 9.10. The first kappa shape index (κ1) is 13.9. The maximum Gasteiger partial charge on any atom is 0.0441 e. The summed E-state index contributed by atoms with van der Waals surface area (Å²) >= 11 is 10.1. The molecule has 2 unspecified atom stereocenters. The quantitative estimate of drug-likeness (QED) is 0.741. The molecule has 3 rings (SSSR count). The van der Waals surface area contributed by atoms with Gasteiger partial charge in [0.2, 0.25) is 0 Å². The Labute approximate surface area is 129 Å². The number of piperidine rings is 1. The molecular weight excluding hydrogens is 322 g/mol. The van der Waals surface area contributed by atoms with Gasteiger partial charge in [0.05, 0.1) is 0 Å². The Morgan fingerprint density at radius 1 is 1.37 bits per heavy atom. The third-order valence-corrected chi connectivity index (χ3v) is 5.79. The summed E-state index contributed by atoms with van der Waals surface area (Å²) in [5, 5.41) is 0.965. The van der Waals surface area contributed by atoms with Gasteiger partial charge < -0.3 is 4.90 Å². The third kappa shape index (κ3) is 2.59. The fourth-order valence-electron chi connectivity index (χ4n) is 3.89. The van der Waals surface area contributed by atoms with Gasteiger partial charge in [-0.25, -0.2) is 0 Å². The van der Waals surface area contributed by atoms with Gasteiger partial charge in [0.15, 0.2) is 0 Å². The first-order chi connectivity index (χ1) is 9.20. The number of nitrogens with zero attached hydrogens (tertiary/aromatic N) is 1. The van der Waals surface area contributed by atoms with E-state index in [1.807, 2.05) is 6.07 Å². The first-order valence-corrected chi connectivity index (χ1v) is 8.57. The molecule has 1 aromatic rings. The van der Waals surface area contributed by atoms with Crippen LogP contribution in [0, 0.1) is 5.92 Å². The molecule has 1 aromatic carbocycles. The first-order valence-electron chi connectivity index (χ1n) is 7.39. The molecule has 2 atom stereocenters. The summed E-state index contributed by atoms with van der Waals surface area (Å²) in [6.45, 7) is 6.05. The van der Waals surface area contributed by atoms with Crippen molar-refractivity contribution in [3.63, 3.8) is 0 Å². The zero-order valence-corrected chi connectivity index (χ0v) is 13.8. The van der Waals surface area contributed by atoms with Gasteiger partial charge in [0.1, 0.15) is 0 Å². The fraction of sp³-hybridized carbons (Fsp3) is 0.625. The smallest absolute Gasteiger partial charge is 0.0441 e. The van der Waals surface area contributed by atoms with Gasteiger partial charge in [0.25, 0.3) is 0 Å². The van der Waals surface area contributed by atoms with Crippen molar-refractivity contribution in [2.24, 2.45) is 5.92 Å². The predicted octanol–water partition coefficient (Wildman–Crippen LogP) is 4.86. The van der Waals surface area contributed by atoms with Crippen LogP contribution in [0.15, 0.2) is 16.6 Å². The second-order valence-corrected chi connectivity index (χ2v) is 7.18. The molecule has 0 bridgehead atoms. The Kier molecular flexibility index (Phi) is 4.21. The molecule has 104 valence electrons. The number of fused-ring (bicyclic) bond motifs is 3. The monoisotopic (exact) mass is 341 g/mol. The lowest BCUT2D eigenvalue weighted by Crippen LogP contribution is -2.41. The van der Waals surface area contributed by atoms with E-state index < -0.39 is 0 Å². The number of hydrogen-bond acceptors (Lipinski definition) is 1. The lowest BCUT2D eigenvalue weighted by atomic mass is 9.71. The largest absolute Gasteiger partial charge is 0.303 e. The standard InChI is InChI=1S/C16H21BrClN/c1-2-8-19-9-7-12-11(10-19)3-4-13-15(18)6-5-14(17)16(12)13/h5-6,11-12H,2-4,7-10H2,1H3. The van der Waals surface area contributed by atoms with Crippen molar-refractivity contribution < 1.29 is 0 Å². The van der Waals surface area contributed by atoms with Crippen LogP contribution in [0.1, 0.15) is 43.2 Å². The Bertz CT molecular complexity index is 474. The van der Waals surface area contributed by atoms with Crippen molar-refractivity contribution in [2.75, 3.05) is 19.6 Å². The van der Waals surface area contributed by atoms with Crippen LogP contribution in [-0.2, 0) is 6.42 Å². The summed E-state index contributed by atoms with van der Waals surface area (Å²) in [6, 6.07) is 4.17. The average Bonchev–Trinajstić information content (AvgIpc) is 2.42. The van der Waals surface area contributed by atoms with Crippen LogP contribution in [0.4, 0.5) is 0 Å². The molecule has 1 nitrogen and oxygen atoms in total. The Morgan fingerprint density at radius 2 is 2.21 bits per heavy atom. The number of hydrogen-bond donors (Lipinski definition) is 0. The Balaban J connectivity index is 1.88. The minimum atomic E-state index is 0.713. The lowest BCUT2D eigenvalue weighted by molar-refractivity contribution is 0.141. The molecule has 1 saturated heterocycles. The summed E-state index contributed by atoms with van der Waals surface area (Å²) in [6.07, 6.45) is 5.00. The predicted molar refractivity (Wildman–Crippen MR) is 85.1 cm³/mol. The van der Waals surface area contributed by atoms with E-state index in [0.717, 1.165) is 17.4 Å². The second-order valence-electron chi connectivity index (χ2n) is 5.92. The van der Waals surface area contributed by atoms with E-state index in [4.69, 9.17) is 11.6 Å². The maximum absolute atomic E-state index is 6.39. The molecule has 1 fully saturated rings. The molecule has 0 radical (unpaired) electrons. The van der Waals surface area contributed by atoms with E-state index in [2.05, 4.69) is 33.8 Å². The molecular formula is C16H21BrClN. The Morgan fingerprint density at radius 3 is 3.00 bits per heavy atom. The molecule has 0 saturated carbocycles. The van der Waals surface area contributed by atoms with Crippen molar-refractivity contribution in [1.82, 2.24) is 4.90 Å².